The highest BCUT2D eigenvalue weighted by atomic mass is 16.2. The third kappa shape index (κ3) is 2.61. The van der Waals surface area contributed by atoms with Crippen molar-refractivity contribution in [1.82, 2.24) is 10.2 Å². The molecule has 5 nitrogen and oxygen atoms in total. The zero-order chi connectivity index (χ0) is 13.9. The number of piperazine rings is 1. The van der Waals surface area contributed by atoms with Crippen LogP contribution in [0.25, 0.3) is 0 Å². The molecule has 2 rings (SSSR count). The summed E-state index contributed by atoms with van der Waals surface area (Å²) in [6, 6.07) is -0.313. The van der Waals surface area contributed by atoms with E-state index in [0.717, 1.165) is 25.7 Å². The number of nitrogens with one attached hydrogen (secondary N) is 1. The van der Waals surface area contributed by atoms with Crippen molar-refractivity contribution in [2.24, 2.45) is 11.1 Å². The van der Waals surface area contributed by atoms with Gasteiger partial charge in [-0.2, -0.15) is 0 Å². The van der Waals surface area contributed by atoms with Crippen LogP contribution in [0.5, 0.6) is 0 Å². The summed E-state index contributed by atoms with van der Waals surface area (Å²) < 4.78 is 0. The van der Waals surface area contributed by atoms with Crippen LogP contribution < -0.4 is 11.1 Å². The van der Waals surface area contributed by atoms with Crippen molar-refractivity contribution in [3.63, 3.8) is 0 Å². The third-order valence-corrected chi connectivity index (χ3v) is 4.63. The summed E-state index contributed by atoms with van der Waals surface area (Å²) in [6.45, 7) is 3.53. The van der Waals surface area contributed by atoms with Crippen molar-refractivity contribution in [1.29, 1.82) is 0 Å². The van der Waals surface area contributed by atoms with Gasteiger partial charge >= 0.3 is 0 Å². The standard InChI is InChI=1S/C14H25N3O2/c1-2-11-12(18)16-8-9-17(11)13(19)14(10-15)6-4-3-5-7-14/h11H,2-10,15H2,1H3,(H,16,18). The average molecular weight is 267 g/mol. The maximum absolute atomic E-state index is 12.9. The van der Waals surface area contributed by atoms with Crippen molar-refractivity contribution in [2.75, 3.05) is 19.6 Å². The lowest BCUT2D eigenvalue weighted by atomic mass is 9.72. The average Bonchev–Trinajstić information content (AvgIpc) is 2.47. The van der Waals surface area contributed by atoms with Gasteiger partial charge in [-0.1, -0.05) is 26.2 Å². The Morgan fingerprint density at radius 1 is 1.42 bits per heavy atom. The first kappa shape index (κ1) is 14.3. The Bertz CT molecular complexity index is 351. The minimum Gasteiger partial charge on any atom is -0.353 e. The van der Waals surface area contributed by atoms with Crippen molar-refractivity contribution in [2.45, 2.75) is 51.5 Å². The molecule has 1 saturated heterocycles. The number of nitrogens with two attached hydrogens (primary N) is 1. The van der Waals surface area contributed by atoms with Crippen molar-refractivity contribution >= 4 is 11.8 Å². The Kier molecular flexibility index (Phi) is 4.45. The number of amides is 2. The predicted octanol–water partition coefficient (Wildman–Crippen LogP) is 0.633. The first-order chi connectivity index (χ1) is 9.14. The van der Waals surface area contributed by atoms with E-state index in [4.69, 9.17) is 5.73 Å². The zero-order valence-electron chi connectivity index (χ0n) is 11.8. The van der Waals surface area contributed by atoms with E-state index in [2.05, 4.69) is 5.32 Å². The Hall–Kier alpha value is -1.10. The van der Waals surface area contributed by atoms with Gasteiger partial charge in [-0.3, -0.25) is 9.59 Å². The molecule has 0 radical (unpaired) electrons. The summed E-state index contributed by atoms with van der Waals surface area (Å²) in [5.41, 5.74) is 5.51. The smallest absolute Gasteiger partial charge is 0.242 e. The van der Waals surface area contributed by atoms with E-state index in [1.54, 1.807) is 4.90 Å². The van der Waals surface area contributed by atoms with Crippen LogP contribution in [-0.2, 0) is 9.59 Å². The van der Waals surface area contributed by atoms with E-state index >= 15 is 0 Å². The molecule has 2 aliphatic rings. The van der Waals surface area contributed by atoms with Gasteiger partial charge in [-0.05, 0) is 19.3 Å². The number of hydrogen-bond acceptors (Lipinski definition) is 3. The molecule has 1 heterocycles. The fourth-order valence-corrected chi connectivity index (χ4v) is 3.40. The van der Waals surface area contributed by atoms with Crippen LogP contribution in [0.15, 0.2) is 0 Å². The van der Waals surface area contributed by atoms with E-state index in [9.17, 15) is 9.59 Å². The van der Waals surface area contributed by atoms with Crippen LogP contribution in [0.4, 0.5) is 0 Å². The molecule has 1 aliphatic heterocycles. The Labute approximate surface area is 114 Å². The topological polar surface area (TPSA) is 75.4 Å². The minimum absolute atomic E-state index is 0.0231. The Morgan fingerprint density at radius 3 is 2.68 bits per heavy atom. The number of rotatable bonds is 3. The molecule has 1 unspecified atom stereocenters. The lowest BCUT2D eigenvalue weighted by Gasteiger charge is -2.43. The second-order valence-electron chi connectivity index (χ2n) is 5.76. The molecular weight excluding hydrogens is 242 g/mol. The molecule has 2 amide bonds. The van der Waals surface area contributed by atoms with Gasteiger partial charge in [-0.15, -0.1) is 0 Å². The van der Waals surface area contributed by atoms with Gasteiger partial charge in [0.1, 0.15) is 6.04 Å². The van der Waals surface area contributed by atoms with Gasteiger partial charge in [0.25, 0.3) is 0 Å². The molecule has 5 heteroatoms. The third-order valence-electron chi connectivity index (χ3n) is 4.63. The minimum atomic E-state index is -0.413. The van der Waals surface area contributed by atoms with Crippen molar-refractivity contribution in [3.8, 4) is 0 Å². The largest absolute Gasteiger partial charge is 0.353 e. The zero-order valence-corrected chi connectivity index (χ0v) is 11.8. The molecule has 1 aliphatic carbocycles. The Balaban J connectivity index is 2.18. The van der Waals surface area contributed by atoms with E-state index in [1.165, 1.54) is 6.42 Å². The van der Waals surface area contributed by atoms with Crippen molar-refractivity contribution in [3.05, 3.63) is 0 Å². The van der Waals surface area contributed by atoms with Crippen LogP contribution in [0.2, 0.25) is 0 Å². The monoisotopic (exact) mass is 267 g/mol. The Morgan fingerprint density at radius 2 is 2.11 bits per heavy atom. The lowest BCUT2D eigenvalue weighted by molar-refractivity contribution is -0.152. The fourth-order valence-electron chi connectivity index (χ4n) is 3.40. The molecule has 0 bridgehead atoms. The molecule has 19 heavy (non-hydrogen) atoms. The number of nitrogens with zero attached hydrogens (tertiary/aromatic N) is 1. The molecule has 1 atom stereocenters. The fraction of sp³-hybridized carbons (Fsp3) is 0.857. The van der Waals surface area contributed by atoms with Gasteiger partial charge in [0.15, 0.2) is 0 Å². The first-order valence-electron chi connectivity index (χ1n) is 7.43. The predicted molar refractivity (Wildman–Crippen MR) is 73.4 cm³/mol. The molecule has 0 aromatic carbocycles. The van der Waals surface area contributed by atoms with Crippen LogP contribution in [0.3, 0.4) is 0 Å². The maximum atomic E-state index is 12.9. The summed E-state index contributed by atoms with van der Waals surface area (Å²) in [5, 5.41) is 2.84. The van der Waals surface area contributed by atoms with E-state index in [0.29, 0.717) is 26.1 Å². The molecular formula is C14H25N3O2. The van der Waals surface area contributed by atoms with Gasteiger partial charge in [-0.25, -0.2) is 0 Å². The van der Waals surface area contributed by atoms with Crippen molar-refractivity contribution < 1.29 is 9.59 Å². The lowest BCUT2D eigenvalue weighted by Crippen LogP contribution is -2.61. The normalized spacial score (nSPS) is 26.9. The van der Waals surface area contributed by atoms with E-state index in [-0.39, 0.29) is 17.9 Å². The van der Waals surface area contributed by atoms with Gasteiger partial charge < -0.3 is 16.0 Å². The summed E-state index contributed by atoms with van der Waals surface area (Å²) >= 11 is 0. The van der Waals surface area contributed by atoms with Crippen LogP contribution >= 0.6 is 0 Å². The van der Waals surface area contributed by atoms with E-state index < -0.39 is 5.41 Å². The summed E-state index contributed by atoms with van der Waals surface area (Å²) in [6.07, 6.45) is 5.73. The molecule has 1 saturated carbocycles. The maximum Gasteiger partial charge on any atom is 0.242 e. The van der Waals surface area contributed by atoms with Gasteiger partial charge in [0.2, 0.25) is 11.8 Å². The molecule has 3 N–H and O–H groups in total. The summed E-state index contributed by atoms with van der Waals surface area (Å²) in [5.74, 6) is 0.0847. The highest BCUT2D eigenvalue weighted by Gasteiger charge is 2.44. The highest BCUT2D eigenvalue weighted by molar-refractivity contribution is 5.91. The molecule has 108 valence electrons. The first-order valence-corrected chi connectivity index (χ1v) is 7.43. The second kappa shape index (κ2) is 5.90. The number of carbonyl (C=O) groups excluding carboxylic acids is 2. The number of carbonyl (C=O) groups is 2. The summed E-state index contributed by atoms with van der Waals surface area (Å²) in [7, 11) is 0. The molecule has 0 aromatic heterocycles. The SMILES string of the molecule is CCC1C(=O)NCCN1C(=O)C1(CN)CCCCC1. The molecule has 0 aromatic rings. The van der Waals surface area contributed by atoms with Gasteiger partial charge in [0, 0.05) is 19.6 Å². The quantitative estimate of drug-likeness (QED) is 0.787. The van der Waals surface area contributed by atoms with Crippen LogP contribution in [0.1, 0.15) is 45.4 Å². The van der Waals surface area contributed by atoms with Crippen LogP contribution in [-0.4, -0.2) is 42.4 Å². The molecule has 0 spiro atoms. The van der Waals surface area contributed by atoms with Crippen LogP contribution in [0, 0.1) is 5.41 Å². The second-order valence-corrected chi connectivity index (χ2v) is 5.76. The van der Waals surface area contributed by atoms with E-state index in [1.807, 2.05) is 6.92 Å². The number of hydrogen-bond donors (Lipinski definition) is 2. The highest BCUT2D eigenvalue weighted by Crippen LogP contribution is 2.37. The summed E-state index contributed by atoms with van der Waals surface area (Å²) in [4.78, 5) is 26.5. The van der Waals surface area contributed by atoms with Gasteiger partial charge in [0.05, 0.1) is 5.41 Å². The molecule has 2 fully saturated rings.